The van der Waals surface area contributed by atoms with E-state index >= 15 is 0 Å². The third-order valence-electron chi connectivity index (χ3n) is 3.32. The van der Waals surface area contributed by atoms with Crippen molar-refractivity contribution in [1.29, 1.82) is 0 Å². The van der Waals surface area contributed by atoms with Crippen LogP contribution in [0.5, 0.6) is 0 Å². The molecule has 0 amide bonds. The number of thioether (sulfide) groups is 1. The van der Waals surface area contributed by atoms with Crippen molar-refractivity contribution in [3.8, 4) is 0 Å². The molecule has 2 rings (SSSR count). The first-order chi connectivity index (χ1) is 6.36. The molecule has 0 aromatic heterocycles. The molecule has 2 fully saturated rings. The van der Waals surface area contributed by atoms with Gasteiger partial charge in [-0.15, -0.1) is 0 Å². The van der Waals surface area contributed by atoms with Crippen LogP contribution in [0.25, 0.3) is 0 Å². The normalized spacial score (nSPS) is 31.6. The van der Waals surface area contributed by atoms with Gasteiger partial charge in [0.15, 0.2) is 0 Å². The minimum atomic E-state index is 0.399. The van der Waals surface area contributed by atoms with Crippen LogP contribution in [0.3, 0.4) is 0 Å². The molecule has 0 radical (unpaired) electrons. The van der Waals surface area contributed by atoms with Crippen molar-refractivity contribution in [2.75, 3.05) is 18.1 Å². The average molecular weight is 200 g/mol. The summed E-state index contributed by atoms with van der Waals surface area (Å²) in [5.74, 6) is 3.38. The third-order valence-corrected chi connectivity index (χ3v) is 4.51. The maximum atomic E-state index is 6.13. The van der Waals surface area contributed by atoms with Crippen LogP contribution in [0.1, 0.15) is 25.7 Å². The van der Waals surface area contributed by atoms with Gasteiger partial charge in [0.1, 0.15) is 0 Å². The topological polar surface area (TPSA) is 38.0 Å². The van der Waals surface area contributed by atoms with E-state index in [1.165, 1.54) is 37.2 Å². The van der Waals surface area contributed by atoms with E-state index in [0.717, 1.165) is 18.5 Å². The number of hydrogen-bond donors (Lipinski definition) is 2. The Kier molecular flexibility index (Phi) is 3.52. The number of hydrogen-bond acceptors (Lipinski definition) is 3. The molecular weight excluding hydrogens is 180 g/mol. The van der Waals surface area contributed by atoms with Crippen LogP contribution < -0.4 is 11.1 Å². The minimum absolute atomic E-state index is 0.399. The van der Waals surface area contributed by atoms with E-state index < -0.39 is 0 Å². The van der Waals surface area contributed by atoms with Gasteiger partial charge in [0.2, 0.25) is 0 Å². The molecule has 76 valence electrons. The van der Waals surface area contributed by atoms with Gasteiger partial charge in [0.05, 0.1) is 0 Å². The van der Waals surface area contributed by atoms with Crippen molar-refractivity contribution in [3.63, 3.8) is 0 Å². The molecule has 1 aliphatic carbocycles. The maximum absolute atomic E-state index is 6.13. The largest absolute Gasteiger partial charge is 0.326 e. The minimum Gasteiger partial charge on any atom is -0.326 e. The molecule has 0 bridgehead atoms. The van der Waals surface area contributed by atoms with Gasteiger partial charge in [-0.1, -0.05) is 6.42 Å². The molecule has 2 unspecified atom stereocenters. The van der Waals surface area contributed by atoms with Crippen LogP contribution in [0.4, 0.5) is 0 Å². The van der Waals surface area contributed by atoms with E-state index in [1.54, 1.807) is 0 Å². The lowest BCUT2D eigenvalue weighted by molar-refractivity contribution is 0.315. The fraction of sp³-hybridized carbons (Fsp3) is 1.00. The zero-order valence-corrected chi connectivity index (χ0v) is 8.98. The van der Waals surface area contributed by atoms with Gasteiger partial charge in [-0.3, -0.25) is 0 Å². The molecule has 1 heterocycles. The summed E-state index contributed by atoms with van der Waals surface area (Å²) in [5, 5.41) is 3.56. The van der Waals surface area contributed by atoms with Crippen molar-refractivity contribution >= 4 is 11.8 Å². The van der Waals surface area contributed by atoms with Crippen molar-refractivity contribution in [3.05, 3.63) is 0 Å². The Hall–Kier alpha value is 0.270. The average Bonchev–Trinajstić information content (AvgIpc) is 2.52. The Balaban J connectivity index is 1.62. The Labute approximate surface area is 85.0 Å². The molecule has 2 atom stereocenters. The van der Waals surface area contributed by atoms with Crippen LogP contribution >= 0.6 is 11.8 Å². The lowest BCUT2D eigenvalue weighted by atomic mass is 9.92. The Bertz CT molecular complexity index is 153. The second-order valence-corrected chi connectivity index (χ2v) is 5.47. The monoisotopic (exact) mass is 200 g/mol. The van der Waals surface area contributed by atoms with Crippen molar-refractivity contribution in [1.82, 2.24) is 5.32 Å². The Morgan fingerprint density at radius 3 is 2.77 bits per heavy atom. The molecule has 2 nitrogen and oxygen atoms in total. The molecule has 3 N–H and O–H groups in total. The highest BCUT2D eigenvalue weighted by Gasteiger charge is 2.24. The second kappa shape index (κ2) is 4.67. The Morgan fingerprint density at radius 1 is 1.38 bits per heavy atom. The summed E-state index contributed by atoms with van der Waals surface area (Å²) in [5.41, 5.74) is 6.13. The first-order valence-electron chi connectivity index (χ1n) is 5.43. The summed E-state index contributed by atoms with van der Waals surface area (Å²) >= 11 is 2.06. The fourth-order valence-corrected chi connectivity index (χ4v) is 3.32. The van der Waals surface area contributed by atoms with Gasteiger partial charge in [0, 0.05) is 18.6 Å². The summed E-state index contributed by atoms with van der Waals surface area (Å²) < 4.78 is 0. The molecule has 1 aliphatic heterocycles. The molecule has 1 saturated carbocycles. The molecule has 1 saturated heterocycles. The van der Waals surface area contributed by atoms with E-state index in [4.69, 9.17) is 5.73 Å². The highest BCUT2D eigenvalue weighted by atomic mass is 32.2. The van der Waals surface area contributed by atoms with Gasteiger partial charge >= 0.3 is 0 Å². The van der Waals surface area contributed by atoms with E-state index in [9.17, 15) is 0 Å². The highest BCUT2D eigenvalue weighted by Crippen LogP contribution is 2.25. The molecule has 13 heavy (non-hydrogen) atoms. The van der Waals surface area contributed by atoms with Crippen LogP contribution in [-0.2, 0) is 0 Å². The molecule has 2 aliphatic rings. The number of rotatable bonds is 4. The quantitative estimate of drug-likeness (QED) is 0.716. The zero-order chi connectivity index (χ0) is 9.10. The van der Waals surface area contributed by atoms with Crippen molar-refractivity contribution in [2.24, 2.45) is 11.7 Å². The third kappa shape index (κ3) is 2.61. The summed E-state index contributed by atoms with van der Waals surface area (Å²) in [6.07, 6.45) is 5.47. The highest BCUT2D eigenvalue weighted by molar-refractivity contribution is 7.99. The number of nitrogens with two attached hydrogens (primary N) is 1. The first-order valence-corrected chi connectivity index (χ1v) is 6.58. The standard InChI is InChI=1S/C10H20N2S/c11-10(8-4-5-13-7-8)6-12-9-2-1-3-9/h8-10,12H,1-7,11H2. The van der Waals surface area contributed by atoms with E-state index in [0.29, 0.717) is 6.04 Å². The molecule has 0 aromatic rings. The van der Waals surface area contributed by atoms with Gasteiger partial charge in [-0.25, -0.2) is 0 Å². The van der Waals surface area contributed by atoms with Crippen molar-refractivity contribution in [2.45, 2.75) is 37.8 Å². The lowest BCUT2D eigenvalue weighted by Gasteiger charge is -2.29. The summed E-state index contributed by atoms with van der Waals surface area (Å²) in [7, 11) is 0. The van der Waals surface area contributed by atoms with E-state index in [1.807, 2.05) is 0 Å². The lowest BCUT2D eigenvalue weighted by Crippen LogP contribution is -2.45. The summed E-state index contributed by atoms with van der Waals surface area (Å²) in [6, 6.07) is 1.19. The fourth-order valence-electron chi connectivity index (χ4n) is 1.97. The van der Waals surface area contributed by atoms with Crippen molar-refractivity contribution < 1.29 is 0 Å². The van der Waals surface area contributed by atoms with Crippen LogP contribution in [0, 0.1) is 5.92 Å². The van der Waals surface area contributed by atoms with Crippen LogP contribution in [0.2, 0.25) is 0 Å². The Morgan fingerprint density at radius 2 is 2.23 bits per heavy atom. The zero-order valence-electron chi connectivity index (χ0n) is 8.17. The molecule has 0 spiro atoms. The van der Waals surface area contributed by atoms with Crippen LogP contribution in [0.15, 0.2) is 0 Å². The van der Waals surface area contributed by atoms with Gasteiger partial charge < -0.3 is 11.1 Å². The van der Waals surface area contributed by atoms with Crippen LogP contribution in [-0.4, -0.2) is 30.1 Å². The van der Waals surface area contributed by atoms with E-state index in [2.05, 4.69) is 17.1 Å². The van der Waals surface area contributed by atoms with Gasteiger partial charge in [-0.05, 0) is 36.7 Å². The van der Waals surface area contributed by atoms with Gasteiger partial charge in [-0.2, -0.15) is 11.8 Å². The second-order valence-electron chi connectivity index (χ2n) is 4.32. The summed E-state index contributed by atoms with van der Waals surface area (Å²) in [4.78, 5) is 0. The first kappa shape index (κ1) is 9.81. The molecule has 0 aromatic carbocycles. The predicted molar refractivity (Wildman–Crippen MR) is 59.0 cm³/mol. The maximum Gasteiger partial charge on any atom is 0.0202 e. The predicted octanol–water partition coefficient (Wildman–Crippen LogP) is 1.21. The smallest absolute Gasteiger partial charge is 0.0202 e. The molecule has 3 heteroatoms. The summed E-state index contributed by atoms with van der Waals surface area (Å²) in [6.45, 7) is 1.04. The van der Waals surface area contributed by atoms with Gasteiger partial charge in [0.25, 0.3) is 0 Å². The molecular formula is C10H20N2S. The number of nitrogens with one attached hydrogen (secondary N) is 1. The van der Waals surface area contributed by atoms with E-state index in [-0.39, 0.29) is 0 Å². The SMILES string of the molecule is NC(CNC1CCC1)C1CCSC1.